The number of carbonyl (C=O) groups is 2. The van der Waals surface area contributed by atoms with Crippen molar-refractivity contribution in [2.24, 2.45) is 0 Å². The summed E-state index contributed by atoms with van der Waals surface area (Å²) in [6.45, 7) is 4.04. The third kappa shape index (κ3) is 5.46. The van der Waals surface area contributed by atoms with Crippen molar-refractivity contribution in [2.45, 2.75) is 38.1 Å². The van der Waals surface area contributed by atoms with Crippen LogP contribution in [0.2, 0.25) is 0 Å². The number of benzene rings is 1. The first kappa shape index (κ1) is 17.7. The molecule has 6 heteroatoms. The number of nitrogens with zero attached hydrogens (tertiary/aromatic N) is 1. The summed E-state index contributed by atoms with van der Waals surface area (Å²) in [4.78, 5) is 27.6. The van der Waals surface area contributed by atoms with Gasteiger partial charge in [-0.05, 0) is 25.0 Å². The molecule has 1 saturated carbocycles. The Bertz CT molecular complexity index is 564. The zero-order valence-corrected chi connectivity index (χ0v) is 14.8. The lowest BCUT2D eigenvalue weighted by Crippen LogP contribution is -3.16. The van der Waals surface area contributed by atoms with Crippen LogP contribution in [0.15, 0.2) is 30.3 Å². The number of hydrogen-bond donors (Lipinski definition) is 3. The summed E-state index contributed by atoms with van der Waals surface area (Å²) in [6.07, 6.45) is 5.61. The van der Waals surface area contributed by atoms with Gasteiger partial charge in [-0.25, -0.2) is 4.79 Å². The summed E-state index contributed by atoms with van der Waals surface area (Å²) in [6, 6.07) is 10.2. The number of amides is 3. The monoisotopic (exact) mass is 345 g/mol. The topological polar surface area (TPSA) is 65.9 Å². The van der Waals surface area contributed by atoms with Crippen molar-refractivity contribution >= 4 is 17.6 Å². The van der Waals surface area contributed by atoms with E-state index >= 15 is 0 Å². The van der Waals surface area contributed by atoms with E-state index in [-0.39, 0.29) is 18.0 Å². The van der Waals surface area contributed by atoms with Crippen molar-refractivity contribution in [2.75, 3.05) is 37.6 Å². The molecule has 1 aliphatic heterocycles. The Balaban J connectivity index is 1.36. The number of carbonyl (C=O) groups excluding carboxylic acids is 2. The number of hydrogen-bond acceptors (Lipinski definition) is 3. The molecule has 136 valence electrons. The van der Waals surface area contributed by atoms with Crippen molar-refractivity contribution in [3.8, 4) is 0 Å². The van der Waals surface area contributed by atoms with Crippen molar-refractivity contribution < 1.29 is 14.5 Å². The summed E-state index contributed by atoms with van der Waals surface area (Å²) in [7, 11) is 0. The Hall–Kier alpha value is -2.08. The summed E-state index contributed by atoms with van der Waals surface area (Å²) in [5, 5.41) is 5.42. The number of quaternary nitrogens is 1. The predicted octanol–water partition coefficient (Wildman–Crippen LogP) is 0.550. The van der Waals surface area contributed by atoms with Crippen LogP contribution in [0.5, 0.6) is 0 Å². The number of nitrogens with one attached hydrogen (secondary N) is 3. The van der Waals surface area contributed by atoms with Crippen LogP contribution in [0.4, 0.5) is 10.5 Å². The smallest absolute Gasteiger partial charge is 0.321 e. The van der Waals surface area contributed by atoms with Crippen LogP contribution >= 0.6 is 0 Å². The van der Waals surface area contributed by atoms with Crippen molar-refractivity contribution in [1.29, 1.82) is 0 Å². The maximum Gasteiger partial charge on any atom is 0.321 e. The molecule has 3 rings (SSSR count). The molecule has 0 bridgehead atoms. The van der Waals surface area contributed by atoms with E-state index in [0.717, 1.165) is 51.9 Å². The Morgan fingerprint density at radius 1 is 1.04 bits per heavy atom. The number of urea groups is 1. The summed E-state index contributed by atoms with van der Waals surface area (Å²) < 4.78 is 0. The van der Waals surface area contributed by atoms with Gasteiger partial charge < -0.3 is 15.1 Å². The average molecular weight is 345 g/mol. The quantitative estimate of drug-likeness (QED) is 0.747. The zero-order chi connectivity index (χ0) is 17.5. The van der Waals surface area contributed by atoms with E-state index < -0.39 is 0 Å². The first-order valence-electron chi connectivity index (χ1n) is 9.44. The van der Waals surface area contributed by atoms with Gasteiger partial charge in [0.15, 0.2) is 6.54 Å². The molecule has 1 aromatic carbocycles. The standard InChI is InChI=1S/C19H28N4O2/c24-18(21-19(25)20-16-7-3-1-4-8-16)15-22-11-13-23(14-12-22)17-9-5-2-6-10-17/h2,5-6,9-10,16H,1,3-4,7-8,11-15H2,(H2,20,21,24,25)/p+1. The van der Waals surface area contributed by atoms with Crippen molar-refractivity contribution in [3.63, 3.8) is 0 Å². The molecular formula is C19H29N4O2+. The van der Waals surface area contributed by atoms with Crippen LogP contribution in [-0.4, -0.2) is 50.7 Å². The molecule has 25 heavy (non-hydrogen) atoms. The third-order valence-electron chi connectivity index (χ3n) is 5.20. The fourth-order valence-corrected chi connectivity index (χ4v) is 3.76. The molecule has 0 atom stereocenters. The van der Waals surface area contributed by atoms with Gasteiger partial charge in [-0.3, -0.25) is 10.1 Å². The summed E-state index contributed by atoms with van der Waals surface area (Å²) in [5.74, 6) is -0.184. The molecule has 6 nitrogen and oxygen atoms in total. The minimum Gasteiger partial charge on any atom is -0.360 e. The lowest BCUT2D eigenvalue weighted by atomic mass is 9.96. The molecular weight excluding hydrogens is 316 g/mol. The van der Waals surface area contributed by atoms with Crippen LogP contribution in [0.25, 0.3) is 0 Å². The SMILES string of the molecule is O=C(C[NH+]1CCN(c2ccccc2)CC1)NC(=O)NC1CCCCC1. The fraction of sp³-hybridized carbons (Fsp3) is 0.579. The highest BCUT2D eigenvalue weighted by Gasteiger charge is 2.23. The van der Waals surface area contributed by atoms with E-state index in [9.17, 15) is 9.59 Å². The molecule has 0 spiro atoms. The third-order valence-corrected chi connectivity index (χ3v) is 5.20. The van der Waals surface area contributed by atoms with Gasteiger partial charge in [0.05, 0.1) is 26.2 Å². The largest absolute Gasteiger partial charge is 0.360 e. The van der Waals surface area contributed by atoms with Gasteiger partial charge in [0, 0.05) is 11.7 Å². The number of para-hydroxylation sites is 1. The maximum absolute atomic E-state index is 12.1. The second-order valence-corrected chi connectivity index (χ2v) is 7.11. The van der Waals surface area contributed by atoms with E-state index in [1.165, 1.54) is 17.0 Å². The molecule has 1 aliphatic carbocycles. The summed E-state index contributed by atoms with van der Waals surface area (Å²) >= 11 is 0. The second-order valence-electron chi connectivity index (χ2n) is 7.11. The number of anilines is 1. The molecule has 2 fully saturated rings. The lowest BCUT2D eigenvalue weighted by molar-refractivity contribution is -0.892. The number of rotatable bonds is 4. The van der Waals surface area contributed by atoms with Crippen LogP contribution in [0.3, 0.4) is 0 Å². The molecule has 1 aromatic rings. The molecule has 1 saturated heterocycles. The highest BCUT2D eigenvalue weighted by molar-refractivity contribution is 5.94. The van der Waals surface area contributed by atoms with Crippen LogP contribution in [0.1, 0.15) is 32.1 Å². The highest BCUT2D eigenvalue weighted by atomic mass is 16.2. The molecule has 0 radical (unpaired) electrons. The second kappa shape index (κ2) is 8.85. The highest BCUT2D eigenvalue weighted by Crippen LogP contribution is 2.17. The minimum absolute atomic E-state index is 0.184. The van der Waals surface area contributed by atoms with Crippen LogP contribution in [-0.2, 0) is 4.79 Å². The van der Waals surface area contributed by atoms with Crippen molar-refractivity contribution in [1.82, 2.24) is 10.6 Å². The molecule has 2 aliphatic rings. The molecule has 3 N–H and O–H groups in total. The Morgan fingerprint density at radius 2 is 1.72 bits per heavy atom. The van der Waals surface area contributed by atoms with Gasteiger partial charge in [-0.2, -0.15) is 0 Å². The normalized spacial score (nSPS) is 19.4. The Labute approximate surface area is 149 Å². The van der Waals surface area contributed by atoms with Gasteiger partial charge in [-0.1, -0.05) is 37.5 Å². The Morgan fingerprint density at radius 3 is 2.40 bits per heavy atom. The number of imide groups is 1. The van der Waals surface area contributed by atoms with Gasteiger partial charge >= 0.3 is 6.03 Å². The molecule has 0 unspecified atom stereocenters. The van der Waals surface area contributed by atoms with Gasteiger partial charge in [-0.15, -0.1) is 0 Å². The van der Waals surface area contributed by atoms with Crippen LogP contribution < -0.4 is 20.4 Å². The first-order chi connectivity index (χ1) is 12.2. The van der Waals surface area contributed by atoms with E-state index in [0.29, 0.717) is 6.54 Å². The maximum atomic E-state index is 12.1. The van der Waals surface area contributed by atoms with Gasteiger partial charge in [0.25, 0.3) is 5.91 Å². The molecule has 3 amide bonds. The predicted molar refractivity (Wildman–Crippen MR) is 97.8 cm³/mol. The minimum atomic E-state index is -0.334. The Kier molecular flexibility index (Phi) is 6.28. The lowest BCUT2D eigenvalue weighted by Gasteiger charge is -2.33. The van der Waals surface area contributed by atoms with E-state index in [1.54, 1.807) is 0 Å². The molecule has 0 aromatic heterocycles. The van der Waals surface area contributed by atoms with E-state index in [2.05, 4.69) is 27.7 Å². The van der Waals surface area contributed by atoms with E-state index in [1.807, 2.05) is 18.2 Å². The van der Waals surface area contributed by atoms with Gasteiger partial charge in [0.2, 0.25) is 0 Å². The zero-order valence-electron chi connectivity index (χ0n) is 14.8. The average Bonchev–Trinajstić information content (AvgIpc) is 2.63. The fourth-order valence-electron chi connectivity index (χ4n) is 3.76. The molecule has 1 heterocycles. The van der Waals surface area contributed by atoms with Gasteiger partial charge in [0.1, 0.15) is 0 Å². The number of piperazine rings is 1. The van der Waals surface area contributed by atoms with Crippen LogP contribution in [0, 0.1) is 0 Å². The van der Waals surface area contributed by atoms with Crippen molar-refractivity contribution in [3.05, 3.63) is 30.3 Å². The van der Waals surface area contributed by atoms with E-state index in [4.69, 9.17) is 0 Å². The first-order valence-corrected chi connectivity index (χ1v) is 9.44. The summed E-state index contributed by atoms with van der Waals surface area (Å²) in [5.41, 5.74) is 1.23.